The first-order valence-electron chi connectivity index (χ1n) is 7.34. The smallest absolute Gasteiger partial charge is 0.260 e. The summed E-state index contributed by atoms with van der Waals surface area (Å²) >= 11 is 6.01. The normalized spacial score (nSPS) is 18.8. The number of hydrogen-bond acceptors (Lipinski definition) is 4. The third kappa shape index (κ3) is 3.05. The van der Waals surface area contributed by atoms with Crippen LogP contribution in [-0.4, -0.2) is 10.1 Å². The second-order valence-electron chi connectivity index (χ2n) is 6.63. The predicted molar refractivity (Wildman–Crippen MR) is 84.1 cm³/mol. The number of anilines is 1. The van der Waals surface area contributed by atoms with Crippen LogP contribution in [0.3, 0.4) is 0 Å². The van der Waals surface area contributed by atoms with E-state index >= 15 is 0 Å². The number of nitrogen functional groups attached to an aromatic ring is 1. The van der Waals surface area contributed by atoms with Crippen LogP contribution in [0.1, 0.15) is 51.3 Å². The van der Waals surface area contributed by atoms with Gasteiger partial charge >= 0.3 is 0 Å². The van der Waals surface area contributed by atoms with Crippen molar-refractivity contribution in [3.05, 3.63) is 29.0 Å². The van der Waals surface area contributed by atoms with Gasteiger partial charge in [-0.15, -0.1) is 0 Å². The number of rotatable bonds is 2. The maximum Gasteiger partial charge on any atom is 0.260 e. The number of nitrogens with two attached hydrogens (primary N) is 1. The lowest BCUT2D eigenvalue weighted by molar-refractivity contribution is 0.218. The highest BCUT2D eigenvalue weighted by Crippen LogP contribution is 2.42. The van der Waals surface area contributed by atoms with Gasteiger partial charge in [0.1, 0.15) is 0 Å². The Balaban J connectivity index is 1.82. The van der Waals surface area contributed by atoms with Crippen LogP contribution in [0.25, 0.3) is 11.5 Å². The van der Waals surface area contributed by atoms with Gasteiger partial charge in [0, 0.05) is 16.6 Å². The minimum atomic E-state index is 0.385. The third-order valence-electron chi connectivity index (χ3n) is 4.39. The van der Waals surface area contributed by atoms with E-state index in [2.05, 4.69) is 24.0 Å². The Hall–Kier alpha value is -1.55. The molecule has 1 fully saturated rings. The lowest BCUT2D eigenvalue weighted by Crippen LogP contribution is -2.20. The van der Waals surface area contributed by atoms with E-state index in [1.807, 2.05) is 0 Å². The molecule has 112 valence electrons. The minimum absolute atomic E-state index is 0.385. The second-order valence-corrected chi connectivity index (χ2v) is 7.06. The van der Waals surface area contributed by atoms with Gasteiger partial charge in [0.25, 0.3) is 5.89 Å². The highest BCUT2D eigenvalue weighted by Gasteiger charge is 2.30. The van der Waals surface area contributed by atoms with Crippen molar-refractivity contribution in [1.29, 1.82) is 0 Å². The van der Waals surface area contributed by atoms with Crippen LogP contribution in [0.15, 0.2) is 22.7 Å². The molecule has 21 heavy (non-hydrogen) atoms. The molecule has 2 N–H and O–H groups in total. The summed E-state index contributed by atoms with van der Waals surface area (Å²) in [5.41, 5.74) is 7.69. The average Bonchev–Trinajstić information content (AvgIpc) is 2.91. The van der Waals surface area contributed by atoms with Gasteiger partial charge in [-0.05, 0) is 49.3 Å². The van der Waals surface area contributed by atoms with Gasteiger partial charge in [0.2, 0.25) is 0 Å². The number of halogens is 1. The largest absolute Gasteiger partial charge is 0.398 e. The van der Waals surface area contributed by atoms with Crippen LogP contribution in [0.5, 0.6) is 0 Å². The number of benzene rings is 1. The van der Waals surface area contributed by atoms with Crippen molar-refractivity contribution in [1.82, 2.24) is 10.1 Å². The summed E-state index contributed by atoms with van der Waals surface area (Å²) in [7, 11) is 0. The van der Waals surface area contributed by atoms with E-state index in [4.69, 9.17) is 21.9 Å². The first-order valence-corrected chi connectivity index (χ1v) is 7.71. The molecule has 1 saturated carbocycles. The summed E-state index contributed by atoms with van der Waals surface area (Å²) < 4.78 is 5.39. The highest BCUT2D eigenvalue weighted by atomic mass is 35.5. The fourth-order valence-electron chi connectivity index (χ4n) is 2.88. The van der Waals surface area contributed by atoms with E-state index in [9.17, 15) is 0 Å². The maximum atomic E-state index is 6.01. The Bertz CT molecular complexity index is 641. The number of aromatic nitrogens is 2. The molecule has 5 heteroatoms. The number of nitrogens with zero attached hydrogens (tertiary/aromatic N) is 2. The van der Waals surface area contributed by atoms with E-state index in [0.717, 1.165) is 18.7 Å². The summed E-state index contributed by atoms with van der Waals surface area (Å²) in [5, 5.41) is 4.76. The molecule has 1 aliphatic carbocycles. The Labute approximate surface area is 129 Å². The molecule has 1 aromatic heterocycles. The molecule has 4 nitrogen and oxygen atoms in total. The van der Waals surface area contributed by atoms with Gasteiger partial charge in [-0.25, -0.2) is 0 Å². The van der Waals surface area contributed by atoms with Crippen LogP contribution in [0, 0.1) is 5.41 Å². The zero-order valence-corrected chi connectivity index (χ0v) is 13.2. The average molecular weight is 306 g/mol. The first-order chi connectivity index (χ1) is 9.94. The van der Waals surface area contributed by atoms with Crippen LogP contribution < -0.4 is 5.73 Å². The number of hydrogen-bond donors (Lipinski definition) is 1. The van der Waals surface area contributed by atoms with E-state index in [1.54, 1.807) is 18.2 Å². The van der Waals surface area contributed by atoms with Crippen molar-refractivity contribution in [2.45, 2.75) is 45.4 Å². The molecule has 0 unspecified atom stereocenters. The maximum absolute atomic E-state index is 6.01. The van der Waals surface area contributed by atoms with Gasteiger partial charge in [0.15, 0.2) is 5.82 Å². The van der Waals surface area contributed by atoms with Crippen molar-refractivity contribution < 1.29 is 4.52 Å². The minimum Gasteiger partial charge on any atom is -0.398 e. The molecular formula is C16H20ClN3O. The van der Waals surface area contributed by atoms with Gasteiger partial charge in [-0.2, -0.15) is 4.98 Å². The monoisotopic (exact) mass is 305 g/mol. The SMILES string of the molecule is CC1(C)CCC(c2noc(-c3cc(Cl)ccc3N)n2)CC1. The van der Waals surface area contributed by atoms with E-state index in [1.165, 1.54) is 12.8 Å². The summed E-state index contributed by atoms with van der Waals surface area (Å²) in [4.78, 5) is 4.54. The molecule has 1 aromatic carbocycles. The van der Waals surface area contributed by atoms with Crippen LogP contribution in [0.4, 0.5) is 5.69 Å². The summed E-state index contributed by atoms with van der Waals surface area (Å²) in [6.45, 7) is 4.63. The van der Waals surface area contributed by atoms with Crippen molar-refractivity contribution in [2.24, 2.45) is 5.41 Å². The van der Waals surface area contributed by atoms with Crippen LogP contribution in [-0.2, 0) is 0 Å². The Kier molecular flexibility index (Phi) is 3.66. The molecule has 2 aromatic rings. The van der Waals surface area contributed by atoms with Crippen LogP contribution >= 0.6 is 11.6 Å². The highest BCUT2D eigenvalue weighted by molar-refractivity contribution is 6.31. The molecular weight excluding hydrogens is 286 g/mol. The quantitative estimate of drug-likeness (QED) is 0.820. The standard InChI is InChI=1S/C16H20ClN3O/c1-16(2)7-5-10(6-8-16)14-19-15(21-20-14)12-9-11(17)3-4-13(12)18/h3-4,9-10H,5-8,18H2,1-2H3. The Morgan fingerprint density at radius 3 is 2.71 bits per heavy atom. The topological polar surface area (TPSA) is 64.9 Å². The molecule has 0 radical (unpaired) electrons. The van der Waals surface area contributed by atoms with E-state index in [-0.39, 0.29) is 0 Å². The fourth-order valence-corrected chi connectivity index (χ4v) is 3.05. The second kappa shape index (κ2) is 5.34. The predicted octanol–water partition coefficient (Wildman–Crippen LogP) is 4.66. The summed E-state index contributed by atoms with van der Waals surface area (Å²) in [5.74, 6) is 1.63. The lowest BCUT2D eigenvalue weighted by Gasteiger charge is -2.32. The molecule has 0 bridgehead atoms. The van der Waals surface area contributed by atoms with Gasteiger partial charge in [-0.3, -0.25) is 0 Å². The molecule has 0 saturated heterocycles. The first kappa shape index (κ1) is 14.4. The lowest BCUT2D eigenvalue weighted by atomic mass is 9.73. The molecule has 0 atom stereocenters. The van der Waals surface area contributed by atoms with Crippen molar-refractivity contribution >= 4 is 17.3 Å². The summed E-state index contributed by atoms with van der Waals surface area (Å²) in [6, 6.07) is 5.27. The molecule has 0 spiro atoms. The summed E-state index contributed by atoms with van der Waals surface area (Å²) in [6.07, 6.45) is 4.61. The van der Waals surface area contributed by atoms with Gasteiger partial charge < -0.3 is 10.3 Å². The molecule has 0 amide bonds. The zero-order valence-electron chi connectivity index (χ0n) is 12.4. The van der Waals surface area contributed by atoms with Gasteiger partial charge in [0.05, 0.1) is 5.56 Å². The zero-order chi connectivity index (χ0) is 15.0. The van der Waals surface area contributed by atoms with Crippen LogP contribution in [0.2, 0.25) is 5.02 Å². The van der Waals surface area contributed by atoms with Crippen molar-refractivity contribution in [3.63, 3.8) is 0 Å². The third-order valence-corrected chi connectivity index (χ3v) is 4.63. The Morgan fingerprint density at radius 1 is 1.29 bits per heavy atom. The van der Waals surface area contributed by atoms with Gasteiger partial charge in [-0.1, -0.05) is 30.6 Å². The van der Waals surface area contributed by atoms with E-state index in [0.29, 0.717) is 33.5 Å². The van der Waals surface area contributed by atoms with E-state index < -0.39 is 0 Å². The molecule has 3 rings (SSSR count). The fraction of sp³-hybridized carbons (Fsp3) is 0.500. The molecule has 1 aliphatic rings. The van der Waals surface area contributed by atoms with Crippen molar-refractivity contribution in [2.75, 3.05) is 5.73 Å². The molecule has 1 heterocycles. The van der Waals surface area contributed by atoms with Crippen molar-refractivity contribution in [3.8, 4) is 11.5 Å². The Morgan fingerprint density at radius 2 is 2.00 bits per heavy atom. The molecule has 0 aliphatic heterocycles.